The maximum Gasteiger partial charge on any atom is 0.133 e. The molecule has 0 heterocycles. The van der Waals surface area contributed by atoms with E-state index in [1.165, 1.54) is 5.56 Å². The predicted octanol–water partition coefficient (Wildman–Crippen LogP) is 3.14. The number of hydrogen-bond donors (Lipinski definition) is 0. The zero-order valence-electron chi connectivity index (χ0n) is 10.8. The standard InChI is InChI=1S/C13H19BrClNO2/c1-17-8-7-16(6-5-15)10-11-3-4-13(18-2)12(14)9-11/h3-4,9H,5-8,10H2,1-2H3. The van der Waals surface area contributed by atoms with Crippen LogP contribution in [0.1, 0.15) is 5.56 Å². The SMILES string of the molecule is COCCN(CCCl)Cc1ccc(OC)c(Br)c1. The molecule has 0 unspecified atom stereocenters. The van der Waals surface area contributed by atoms with Gasteiger partial charge in [0.15, 0.2) is 0 Å². The van der Waals surface area contributed by atoms with E-state index in [1.807, 2.05) is 6.07 Å². The Morgan fingerprint density at radius 1 is 1.28 bits per heavy atom. The topological polar surface area (TPSA) is 21.7 Å². The van der Waals surface area contributed by atoms with Gasteiger partial charge in [-0.2, -0.15) is 0 Å². The molecule has 102 valence electrons. The molecule has 0 spiro atoms. The molecular formula is C13H19BrClNO2. The molecule has 0 radical (unpaired) electrons. The second-order valence-corrected chi connectivity index (χ2v) is 5.16. The maximum absolute atomic E-state index is 5.81. The Bertz CT molecular complexity index is 363. The maximum atomic E-state index is 5.81. The molecule has 0 amide bonds. The molecule has 0 N–H and O–H groups in total. The third kappa shape index (κ3) is 5.14. The first-order chi connectivity index (χ1) is 8.71. The second-order valence-electron chi connectivity index (χ2n) is 3.93. The van der Waals surface area contributed by atoms with Crippen LogP contribution in [-0.2, 0) is 11.3 Å². The molecule has 0 aromatic heterocycles. The molecule has 0 saturated heterocycles. The highest BCUT2D eigenvalue weighted by atomic mass is 79.9. The number of alkyl halides is 1. The van der Waals surface area contributed by atoms with Gasteiger partial charge in [-0.15, -0.1) is 11.6 Å². The van der Waals surface area contributed by atoms with E-state index < -0.39 is 0 Å². The number of nitrogens with zero attached hydrogens (tertiary/aromatic N) is 1. The summed E-state index contributed by atoms with van der Waals surface area (Å²) in [7, 11) is 3.38. The third-order valence-corrected chi connectivity index (χ3v) is 3.42. The van der Waals surface area contributed by atoms with Crippen LogP contribution in [0.5, 0.6) is 5.75 Å². The summed E-state index contributed by atoms with van der Waals surface area (Å²) in [6.45, 7) is 3.31. The van der Waals surface area contributed by atoms with Gasteiger partial charge in [0.1, 0.15) is 5.75 Å². The first-order valence-electron chi connectivity index (χ1n) is 5.81. The van der Waals surface area contributed by atoms with E-state index in [-0.39, 0.29) is 0 Å². The summed E-state index contributed by atoms with van der Waals surface area (Å²) in [4.78, 5) is 2.27. The summed E-state index contributed by atoms with van der Waals surface area (Å²) in [6, 6.07) is 6.11. The van der Waals surface area contributed by atoms with Gasteiger partial charge >= 0.3 is 0 Å². The summed E-state index contributed by atoms with van der Waals surface area (Å²) < 4.78 is 11.3. The zero-order chi connectivity index (χ0) is 13.4. The van der Waals surface area contributed by atoms with Gasteiger partial charge in [-0.05, 0) is 33.6 Å². The van der Waals surface area contributed by atoms with Crippen molar-refractivity contribution in [2.75, 3.05) is 39.8 Å². The number of hydrogen-bond acceptors (Lipinski definition) is 3. The molecule has 0 atom stereocenters. The molecular weight excluding hydrogens is 318 g/mol. The van der Waals surface area contributed by atoms with Gasteiger partial charge in [0.2, 0.25) is 0 Å². The van der Waals surface area contributed by atoms with Crippen LogP contribution in [0.2, 0.25) is 0 Å². The summed E-state index contributed by atoms with van der Waals surface area (Å²) in [6.07, 6.45) is 0. The molecule has 0 aliphatic rings. The summed E-state index contributed by atoms with van der Waals surface area (Å²) in [5.74, 6) is 1.47. The summed E-state index contributed by atoms with van der Waals surface area (Å²) >= 11 is 9.30. The van der Waals surface area contributed by atoms with Gasteiger partial charge in [-0.3, -0.25) is 4.90 Å². The molecule has 18 heavy (non-hydrogen) atoms. The Balaban J connectivity index is 2.64. The Hall–Kier alpha value is -0.290. The van der Waals surface area contributed by atoms with Crippen LogP contribution in [0.4, 0.5) is 0 Å². The highest BCUT2D eigenvalue weighted by molar-refractivity contribution is 9.10. The largest absolute Gasteiger partial charge is 0.496 e. The second kappa shape index (κ2) is 8.75. The Morgan fingerprint density at radius 3 is 2.61 bits per heavy atom. The van der Waals surface area contributed by atoms with Crippen molar-refractivity contribution in [1.82, 2.24) is 4.90 Å². The molecule has 1 aromatic carbocycles. The molecule has 1 aromatic rings. The van der Waals surface area contributed by atoms with Gasteiger partial charge in [0.05, 0.1) is 18.2 Å². The molecule has 0 saturated carbocycles. The van der Waals surface area contributed by atoms with Crippen LogP contribution in [0, 0.1) is 0 Å². The van der Waals surface area contributed by atoms with Crippen molar-refractivity contribution in [2.24, 2.45) is 0 Å². The van der Waals surface area contributed by atoms with E-state index in [2.05, 4.69) is 33.0 Å². The van der Waals surface area contributed by atoms with Gasteiger partial charge < -0.3 is 9.47 Å². The third-order valence-electron chi connectivity index (χ3n) is 2.63. The lowest BCUT2D eigenvalue weighted by Crippen LogP contribution is -2.28. The van der Waals surface area contributed by atoms with E-state index in [1.54, 1.807) is 14.2 Å². The van der Waals surface area contributed by atoms with E-state index >= 15 is 0 Å². The van der Waals surface area contributed by atoms with Crippen LogP contribution in [0.15, 0.2) is 22.7 Å². The normalized spacial score (nSPS) is 10.9. The molecule has 3 nitrogen and oxygen atoms in total. The number of halogens is 2. The summed E-state index contributed by atoms with van der Waals surface area (Å²) in [5, 5.41) is 0. The molecule has 0 aliphatic heterocycles. The van der Waals surface area contributed by atoms with Gasteiger partial charge in [-0.1, -0.05) is 6.07 Å². The lowest BCUT2D eigenvalue weighted by molar-refractivity contribution is 0.148. The lowest BCUT2D eigenvalue weighted by Gasteiger charge is -2.21. The van der Waals surface area contributed by atoms with Crippen molar-refractivity contribution in [2.45, 2.75) is 6.54 Å². The van der Waals surface area contributed by atoms with Crippen LogP contribution in [0.25, 0.3) is 0 Å². The van der Waals surface area contributed by atoms with E-state index in [9.17, 15) is 0 Å². The highest BCUT2D eigenvalue weighted by Crippen LogP contribution is 2.26. The minimum absolute atomic E-state index is 0.626. The molecule has 0 fully saturated rings. The molecule has 5 heteroatoms. The smallest absolute Gasteiger partial charge is 0.133 e. The molecule has 0 aliphatic carbocycles. The number of methoxy groups -OCH3 is 2. The fourth-order valence-electron chi connectivity index (χ4n) is 1.68. The first kappa shape index (κ1) is 15.8. The van der Waals surface area contributed by atoms with E-state index in [4.69, 9.17) is 21.1 Å². The predicted molar refractivity (Wildman–Crippen MR) is 78.6 cm³/mol. The van der Waals surface area contributed by atoms with Crippen molar-refractivity contribution in [3.63, 3.8) is 0 Å². The monoisotopic (exact) mass is 335 g/mol. The average Bonchev–Trinajstić information content (AvgIpc) is 2.36. The van der Waals surface area contributed by atoms with Crippen molar-refractivity contribution in [3.05, 3.63) is 28.2 Å². The fraction of sp³-hybridized carbons (Fsp3) is 0.538. The van der Waals surface area contributed by atoms with Crippen molar-refractivity contribution >= 4 is 27.5 Å². The lowest BCUT2D eigenvalue weighted by atomic mass is 10.2. The van der Waals surface area contributed by atoms with E-state index in [0.29, 0.717) is 12.5 Å². The zero-order valence-corrected chi connectivity index (χ0v) is 13.1. The van der Waals surface area contributed by atoms with E-state index in [0.717, 1.165) is 29.9 Å². The minimum Gasteiger partial charge on any atom is -0.496 e. The quantitative estimate of drug-likeness (QED) is 0.681. The van der Waals surface area contributed by atoms with Crippen LogP contribution in [-0.4, -0.2) is 44.7 Å². The van der Waals surface area contributed by atoms with Crippen molar-refractivity contribution in [3.8, 4) is 5.75 Å². The highest BCUT2D eigenvalue weighted by Gasteiger charge is 2.07. The Morgan fingerprint density at radius 2 is 2.06 bits per heavy atom. The fourth-order valence-corrected chi connectivity index (χ4v) is 2.50. The van der Waals surface area contributed by atoms with Gasteiger partial charge in [0.25, 0.3) is 0 Å². The van der Waals surface area contributed by atoms with Crippen molar-refractivity contribution in [1.29, 1.82) is 0 Å². The minimum atomic E-state index is 0.626. The van der Waals surface area contributed by atoms with Crippen LogP contribution in [0.3, 0.4) is 0 Å². The van der Waals surface area contributed by atoms with Crippen LogP contribution >= 0.6 is 27.5 Å². The molecule has 1 rings (SSSR count). The molecule has 0 bridgehead atoms. The first-order valence-corrected chi connectivity index (χ1v) is 7.13. The van der Waals surface area contributed by atoms with Crippen molar-refractivity contribution < 1.29 is 9.47 Å². The number of ether oxygens (including phenoxy) is 2. The summed E-state index contributed by atoms with van der Waals surface area (Å²) in [5.41, 5.74) is 1.23. The average molecular weight is 337 g/mol. The van der Waals surface area contributed by atoms with Gasteiger partial charge in [-0.25, -0.2) is 0 Å². The number of rotatable bonds is 8. The van der Waals surface area contributed by atoms with Crippen LogP contribution < -0.4 is 4.74 Å². The Kier molecular flexibility index (Phi) is 7.66. The van der Waals surface area contributed by atoms with Gasteiger partial charge in [0, 0.05) is 32.6 Å². The Labute approximate surface area is 122 Å². The number of benzene rings is 1.